The second-order valence-corrected chi connectivity index (χ2v) is 4.53. The molecule has 2 aromatic rings. The van der Waals surface area contributed by atoms with E-state index >= 15 is 0 Å². The van der Waals surface area contributed by atoms with Crippen LogP contribution in [0.4, 0.5) is 4.39 Å². The lowest BCUT2D eigenvalue weighted by atomic mass is 10.2. The molecule has 0 unspecified atom stereocenters. The molecule has 6 heteroatoms. The zero-order chi connectivity index (χ0) is 12.4. The molecule has 1 N–H and O–H groups in total. The van der Waals surface area contributed by atoms with Crippen molar-refractivity contribution in [1.82, 2.24) is 15.1 Å². The van der Waals surface area contributed by atoms with Gasteiger partial charge in [0.25, 0.3) is 0 Å². The third-order valence-corrected chi connectivity index (χ3v) is 2.99. The minimum Gasteiger partial charge on any atom is -0.354 e. The molecular weight excluding hydrogens is 289 g/mol. The van der Waals surface area contributed by atoms with Gasteiger partial charge in [-0.05, 0) is 28.1 Å². The number of nitrogens with zero attached hydrogens (tertiary/aromatic N) is 2. The lowest BCUT2D eigenvalue weighted by Crippen LogP contribution is -2.24. The van der Waals surface area contributed by atoms with Crippen molar-refractivity contribution in [3.8, 4) is 0 Å². The quantitative estimate of drug-likeness (QED) is 0.943. The van der Waals surface area contributed by atoms with Crippen LogP contribution in [0.3, 0.4) is 0 Å². The molecule has 0 atom stereocenters. The molecule has 0 spiro atoms. The van der Waals surface area contributed by atoms with Gasteiger partial charge >= 0.3 is 0 Å². The predicted octanol–water partition coefficient (Wildman–Crippen LogP) is 2.07. The molecule has 0 fully saturated rings. The van der Waals surface area contributed by atoms with Crippen molar-refractivity contribution >= 4 is 32.7 Å². The van der Waals surface area contributed by atoms with Gasteiger partial charge < -0.3 is 5.32 Å². The van der Waals surface area contributed by atoms with Gasteiger partial charge in [0.2, 0.25) is 5.91 Å². The first-order valence-electron chi connectivity index (χ1n) is 5.13. The minimum atomic E-state index is -0.307. The Morgan fingerprint density at radius 3 is 3.06 bits per heavy atom. The van der Waals surface area contributed by atoms with Crippen LogP contribution in [0.2, 0.25) is 0 Å². The SMILES string of the molecule is CC(=O)NCCn1ncc2cc(F)c(Br)cc21. The number of fused-ring (bicyclic) bond motifs is 1. The van der Waals surface area contributed by atoms with E-state index in [1.807, 2.05) is 0 Å². The van der Waals surface area contributed by atoms with Gasteiger partial charge in [-0.15, -0.1) is 0 Å². The van der Waals surface area contributed by atoms with Crippen molar-refractivity contribution in [2.24, 2.45) is 0 Å². The first kappa shape index (κ1) is 12.0. The van der Waals surface area contributed by atoms with Crippen LogP contribution in [0.1, 0.15) is 6.92 Å². The summed E-state index contributed by atoms with van der Waals surface area (Å²) in [7, 11) is 0. The second kappa shape index (κ2) is 4.83. The first-order valence-corrected chi connectivity index (χ1v) is 5.92. The Labute approximate surface area is 106 Å². The largest absolute Gasteiger partial charge is 0.354 e. The molecular formula is C11H11BrFN3O. The van der Waals surface area contributed by atoms with E-state index in [1.165, 1.54) is 13.0 Å². The molecule has 0 bridgehead atoms. The summed E-state index contributed by atoms with van der Waals surface area (Å²) < 4.78 is 15.4. The Morgan fingerprint density at radius 2 is 2.35 bits per heavy atom. The molecule has 1 heterocycles. The van der Waals surface area contributed by atoms with E-state index in [-0.39, 0.29) is 11.7 Å². The third kappa shape index (κ3) is 2.63. The zero-order valence-corrected chi connectivity index (χ0v) is 10.8. The van der Waals surface area contributed by atoms with Crippen LogP contribution in [-0.4, -0.2) is 22.2 Å². The third-order valence-electron chi connectivity index (χ3n) is 2.38. The molecule has 0 saturated carbocycles. The van der Waals surface area contributed by atoms with Gasteiger partial charge in [-0.2, -0.15) is 5.10 Å². The summed E-state index contributed by atoms with van der Waals surface area (Å²) in [6, 6.07) is 3.12. The molecule has 1 amide bonds. The number of carbonyl (C=O) groups is 1. The number of halogens is 2. The Hall–Kier alpha value is -1.43. The van der Waals surface area contributed by atoms with Gasteiger partial charge in [-0.1, -0.05) is 0 Å². The van der Waals surface area contributed by atoms with Crippen molar-refractivity contribution in [3.63, 3.8) is 0 Å². The molecule has 0 radical (unpaired) electrons. The van der Waals surface area contributed by atoms with Gasteiger partial charge in [0.1, 0.15) is 5.82 Å². The van der Waals surface area contributed by atoms with Gasteiger partial charge in [0.05, 0.1) is 22.7 Å². The average Bonchev–Trinajstić information content (AvgIpc) is 2.62. The van der Waals surface area contributed by atoms with Gasteiger partial charge in [0, 0.05) is 18.9 Å². The number of benzene rings is 1. The van der Waals surface area contributed by atoms with Crippen LogP contribution in [0, 0.1) is 5.82 Å². The topological polar surface area (TPSA) is 46.9 Å². The average molecular weight is 300 g/mol. The van der Waals surface area contributed by atoms with E-state index in [2.05, 4.69) is 26.3 Å². The number of aromatic nitrogens is 2. The van der Waals surface area contributed by atoms with Gasteiger partial charge in [0.15, 0.2) is 0 Å². The van der Waals surface area contributed by atoms with E-state index in [1.54, 1.807) is 16.9 Å². The van der Waals surface area contributed by atoms with Crippen molar-refractivity contribution in [2.75, 3.05) is 6.54 Å². The summed E-state index contributed by atoms with van der Waals surface area (Å²) in [6.45, 7) is 2.52. The molecule has 90 valence electrons. The lowest BCUT2D eigenvalue weighted by Gasteiger charge is -2.04. The van der Waals surface area contributed by atoms with Crippen molar-refractivity contribution in [1.29, 1.82) is 0 Å². The van der Waals surface area contributed by atoms with Crippen LogP contribution in [0.5, 0.6) is 0 Å². The van der Waals surface area contributed by atoms with Crippen LogP contribution < -0.4 is 5.32 Å². The Kier molecular flexibility index (Phi) is 3.42. The Balaban J connectivity index is 2.23. The standard InChI is InChI=1S/C11H11BrFN3O/c1-7(17)14-2-3-16-11-5-9(12)10(13)4-8(11)6-15-16/h4-6H,2-3H2,1H3,(H,14,17). The summed E-state index contributed by atoms with van der Waals surface area (Å²) in [4.78, 5) is 10.7. The smallest absolute Gasteiger partial charge is 0.216 e. The van der Waals surface area contributed by atoms with E-state index in [0.29, 0.717) is 17.6 Å². The fraction of sp³-hybridized carbons (Fsp3) is 0.273. The maximum absolute atomic E-state index is 13.3. The number of nitrogens with one attached hydrogen (secondary N) is 1. The molecule has 17 heavy (non-hydrogen) atoms. The van der Waals surface area contributed by atoms with E-state index in [0.717, 1.165) is 10.9 Å². The highest BCUT2D eigenvalue weighted by molar-refractivity contribution is 9.10. The molecule has 1 aromatic heterocycles. The number of hydrogen-bond donors (Lipinski definition) is 1. The monoisotopic (exact) mass is 299 g/mol. The summed E-state index contributed by atoms with van der Waals surface area (Å²) in [5.74, 6) is -0.382. The number of amides is 1. The second-order valence-electron chi connectivity index (χ2n) is 3.68. The van der Waals surface area contributed by atoms with Crippen molar-refractivity contribution in [2.45, 2.75) is 13.5 Å². The van der Waals surface area contributed by atoms with Gasteiger partial charge in [-0.3, -0.25) is 9.48 Å². The molecule has 0 aliphatic rings. The Bertz CT molecular complexity index is 567. The minimum absolute atomic E-state index is 0.0753. The number of carbonyl (C=O) groups excluding carboxylic acids is 1. The van der Waals surface area contributed by atoms with Crippen molar-refractivity contribution < 1.29 is 9.18 Å². The number of hydrogen-bond acceptors (Lipinski definition) is 2. The van der Waals surface area contributed by atoms with Crippen LogP contribution in [0.25, 0.3) is 10.9 Å². The van der Waals surface area contributed by atoms with E-state index < -0.39 is 0 Å². The summed E-state index contributed by atoms with van der Waals surface area (Å²) >= 11 is 3.14. The first-order chi connectivity index (χ1) is 8.08. The van der Waals surface area contributed by atoms with Crippen LogP contribution >= 0.6 is 15.9 Å². The lowest BCUT2D eigenvalue weighted by molar-refractivity contribution is -0.118. The summed E-state index contributed by atoms with van der Waals surface area (Å²) in [5, 5.41) is 7.59. The summed E-state index contributed by atoms with van der Waals surface area (Å²) in [6.07, 6.45) is 1.61. The maximum atomic E-state index is 13.3. The highest BCUT2D eigenvalue weighted by Gasteiger charge is 2.07. The number of rotatable bonds is 3. The van der Waals surface area contributed by atoms with Gasteiger partial charge in [-0.25, -0.2) is 4.39 Å². The van der Waals surface area contributed by atoms with E-state index in [9.17, 15) is 9.18 Å². The summed E-state index contributed by atoms with van der Waals surface area (Å²) in [5.41, 5.74) is 0.837. The van der Waals surface area contributed by atoms with E-state index in [4.69, 9.17) is 0 Å². The van der Waals surface area contributed by atoms with Crippen LogP contribution in [-0.2, 0) is 11.3 Å². The highest BCUT2D eigenvalue weighted by atomic mass is 79.9. The molecule has 2 rings (SSSR count). The Morgan fingerprint density at radius 1 is 1.59 bits per heavy atom. The normalized spacial score (nSPS) is 10.8. The fourth-order valence-electron chi connectivity index (χ4n) is 1.59. The molecule has 0 aliphatic carbocycles. The fourth-order valence-corrected chi connectivity index (χ4v) is 1.92. The van der Waals surface area contributed by atoms with Crippen LogP contribution in [0.15, 0.2) is 22.8 Å². The molecule has 0 saturated heterocycles. The molecule has 4 nitrogen and oxygen atoms in total. The maximum Gasteiger partial charge on any atom is 0.216 e. The predicted molar refractivity (Wildman–Crippen MR) is 66.1 cm³/mol. The van der Waals surface area contributed by atoms with Crippen molar-refractivity contribution in [3.05, 3.63) is 28.6 Å². The molecule has 1 aromatic carbocycles. The highest BCUT2D eigenvalue weighted by Crippen LogP contribution is 2.22. The zero-order valence-electron chi connectivity index (χ0n) is 9.20. The molecule has 0 aliphatic heterocycles.